The van der Waals surface area contributed by atoms with E-state index in [0.717, 1.165) is 23.8 Å². The Balaban J connectivity index is 2.15. The van der Waals surface area contributed by atoms with Crippen molar-refractivity contribution in [2.45, 2.75) is 37.2 Å². The van der Waals surface area contributed by atoms with Gasteiger partial charge >= 0.3 is 0 Å². The zero-order valence-corrected chi connectivity index (χ0v) is 16.8. The largest absolute Gasteiger partial charge is 0.383 e. The summed E-state index contributed by atoms with van der Waals surface area (Å²) in [6.45, 7) is 2.07. The number of halogens is 2. The summed E-state index contributed by atoms with van der Waals surface area (Å²) >= 11 is 1.17. The Morgan fingerprint density at radius 3 is 2.66 bits per heavy atom. The number of carbonyl (C=O) groups excluding carboxylic acids is 1. The third-order valence-electron chi connectivity index (χ3n) is 4.78. The van der Waals surface area contributed by atoms with E-state index in [9.17, 15) is 18.7 Å². The van der Waals surface area contributed by atoms with Crippen LogP contribution in [0.5, 0.6) is 0 Å². The van der Waals surface area contributed by atoms with E-state index < -0.39 is 28.5 Å². The number of hydrogen-bond donors (Lipinski definition) is 2. The van der Waals surface area contributed by atoms with Crippen LogP contribution in [0.2, 0.25) is 0 Å². The molecule has 0 bridgehead atoms. The van der Waals surface area contributed by atoms with Crippen LogP contribution in [0, 0.1) is 11.6 Å². The molecule has 3 N–H and O–H groups in total. The van der Waals surface area contributed by atoms with Crippen molar-refractivity contribution >= 4 is 22.7 Å². The molecule has 0 spiro atoms. The summed E-state index contributed by atoms with van der Waals surface area (Å²) in [5, 5.41) is 16.0. The average molecular weight is 419 g/mol. The van der Waals surface area contributed by atoms with Gasteiger partial charge in [-0.25, -0.2) is 13.8 Å². The van der Waals surface area contributed by atoms with Gasteiger partial charge in [0.2, 0.25) is 0 Å². The minimum Gasteiger partial charge on any atom is -0.383 e. The van der Waals surface area contributed by atoms with E-state index in [1.807, 2.05) is 30.3 Å². The molecule has 2 atom stereocenters. The van der Waals surface area contributed by atoms with Crippen molar-refractivity contribution in [1.29, 1.82) is 0 Å². The van der Waals surface area contributed by atoms with Gasteiger partial charge in [0.1, 0.15) is 27.7 Å². The second-order valence-corrected chi connectivity index (χ2v) is 8.01. The molecular formula is C21H23F2N3O2S. The van der Waals surface area contributed by atoms with Crippen molar-refractivity contribution < 1.29 is 18.7 Å². The molecule has 1 aliphatic rings. The number of nitrogens with two attached hydrogens (primary N) is 1. The summed E-state index contributed by atoms with van der Waals surface area (Å²) in [6, 6.07) is 12.3. The number of amides is 1. The molecule has 0 saturated carbocycles. The van der Waals surface area contributed by atoms with Crippen LogP contribution < -0.4 is 5.73 Å². The first kappa shape index (κ1) is 21.4. The van der Waals surface area contributed by atoms with Crippen molar-refractivity contribution in [2.75, 3.05) is 6.54 Å². The van der Waals surface area contributed by atoms with Gasteiger partial charge in [-0.3, -0.25) is 4.79 Å². The highest BCUT2D eigenvalue weighted by atomic mass is 32.2. The quantitative estimate of drug-likeness (QED) is 0.719. The highest BCUT2D eigenvalue weighted by Crippen LogP contribution is 2.50. The molecular weight excluding hydrogens is 396 g/mol. The molecule has 0 fully saturated rings. The van der Waals surface area contributed by atoms with Gasteiger partial charge in [-0.05, 0) is 49.6 Å². The number of hydrogen-bond acceptors (Lipinski definition) is 5. The first-order chi connectivity index (χ1) is 13.9. The molecule has 154 valence electrons. The van der Waals surface area contributed by atoms with Gasteiger partial charge < -0.3 is 10.8 Å². The van der Waals surface area contributed by atoms with Gasteiger partial charge in [0.05, 0.1) is 0 Å². The monoisotopic (exact) mass is 419 g/mol. The molecule has 0 aliphatic carbocycles. The zero-order chi connectivity index (χ0) is 21.0. The molecule has 8 heteroatoms. The maximum absolute atomic E-state index is 14.4. The molecule has 0 saturated heterocycles. The lowest BCUT2D eigenvalue weighted by atomic mass is 9.99. The van der Waals surface area contributed by atoms with Crippen molar-refractivity contribution in [2.24, 2.45) is 10.8 Å². The minimum atomic E-state index is -1.25. The van der Waals surface area contributed by atoms with Crippen molar-refractivity contribution in [3.05, 3.63) is 71.3 Å². The molecule has 1 aliphatic heterocycles. The van der Waals surface area contributed by atoms with Crippen LogP contribution >= 0.6 is 11.8 Å². The Bertz CT molecular complexity index is 910. The Morgan fingerprint density at radius 1 is 1.28 bits per heavy atom. The lowest BCUT2D eigenvalue weighted by molar-refractivity contribution is -0.144. The fourth-order valence-electron chi connectivity index (χ4n) is 3.23. The van der Waals surface area contributed by atoms with Crippen LogP contribution in [0.1, 0.15) is 37.3 Å². The topological polar surface area (TPSA) is 78.9 Å². The molecule has 1 heterocycles. The smallest absolute Gasteiger partial charge is 0.273 e. The summed E-state index contributed by atoms with van der Waals surface area (Å²) < 4.78 is 28.2. The molecule has 1 amide bonds. The van der Waals surface area contributed by atoms with Gasteiger partial charge in [0.15, 0.2) is 0 Å². The number of rotatable bonds is 7. The first-order valence-electron chi connectivity index (χ1n) is 9.43. The predicted octanol–water partition coefficient (Wildman–Crippen LogP) is 3.56. The van der Waals surface area contributed by atoms with Gasteiger partial charge in [-0.1, -0.05) is 49.0 Å². The number of benzene rings is 2. The molecule has 5 nitrogen and oxygen atoms in total. The van der Waals surface area contributed by atoms with Crippen LogP contribution in [0.3, 0.4) is 0 Å². The lowest BCUT2D eigenvalue weighted by Crippen LogP contribution is -2.46. The second kappa shape index (κ2) is 9.02. The summed E-state index contributed by atoms with van der Waals surface area (Å²) in [4.78, 5) is 12.0. The highest BCUT2D eigenvalue weighted by molar-refractivity contribution is 8.15. The summed E-state index contributed by atoms with van der Waals surface area (Å²) in [7, 11) is 0. The fraction of sp³-hybridized carbons (Fsp3) is 0.333. The van der Waals surface area contributed by atoms with E-state index >= 15 is 0 Å². The zero-order valence-electron chi connectivity index (χ0n) is 16.0. The summed E-state index contributed by atoms with van der Waals surface area (Å²) in [5.41, 5.74) is 6.48. The third kappa shape index (κ3) is 4.19. The maximum atomic E-state index is 14.4. The Kier molecular flexibility index (Phi) is 6.66. The number of aliphatic hydroxyl groups is 1. The van der Waals surface area contributed by atoms with Crippen molar-refractivity contribution in [1.82, 2.24) is 5.01 Å². The van der Waals surface area contributed by atoms with Crippen LogP contribution in [-0.2, 0) is 9.67 Å². The maximum Gasteiger partial charge on any atom is 0.273 e. The minimum absolute atomic E-state index is 0.0238. The van der Waals surface area contributed by atoms with Crippen LogP contribution in [0.15, 0.2) is 53.6 Å². The predicted molar refractivity (Wildman–Crippen MR) is 110 cm³/mol. The van der Waals surface area contributed by atoms with Crippen LogP contribution in [-0.4, -0.2) is 33.7 Å². The number of hydrazone groups is 1. The fourth-order valence-corrected chi connectivity index (χ4v) is 4.66. The van der Waals surface area contributed by atoms with Crippen molar-refractivity contribution in [3.8, 4) is 0 Å². The first-order valence-corrected chi connectivity index (χ1v) is 10.3. The van der Waals surface area contributed by atoms with Crippen LogP contribution in [0.25, 0.3) is 0 Å². The van der Waals surface area contributed by atoms with E-state index in [2.05, 4.69) is 5.10 Å². The molecule has 2 aromatic carbocycles. The number of carbonyl (C=O) groups is 1. The van der Waals surface area contributed by atoms with Gasteiger partial charge in [-0.15, -0.1) is 0 Å². The summed E-state index contributed by atoms with van der Waals surface area (Å²) in [5.74, 6) is -1.83. The number of aliphatic hydroxyl groups excluding tert-OH is 1. The van der Waals surface area contributed by atoms with E-state index in [-0.39, 0.29) is 17.0 Å². The third-order valence-corrected chi connectivity index (χ3v) is 6.23. The number of thioether (sulfide) groups is 1. The standard InChI is InChI=1S/C21H23F2N3O2S/c1-2-18(27)20(28)26-21(11-6-12-24,14-7-4-3-5-8-14)29-19(25-26)16-13-15(22)9-10-17(16)23/h3-5,7-10,13,18,27H,2,6,11-12,24H2,1H3/t18?,21-/m0/s1. The molecule has 1 unspecified atom stereocenters. The highest BCUT2D eigenvalue weighted by Gasteiger charge is 2.49. The van der Waals surface area contributed by atoms with E-state index in [4.69, 9.17) is 5.73 Å². The van der Waals surface area contributed by atoms with E-state index in [1.165, 1.54) is 16.8 Å². The van der Waals surface area contributed by atoms with Gasteiger partial charge in [-0.2, -0.15) is 5.10 Å². The Morgan fingerprint density at radius 2 is 2.00 bits per heavy atom. The normalized spacial score (nSPS) is 19.9. The number of nitrogens with zero attached hydrogens (tertiary/aromatic N) is 2. The van der Waals surface area contributed by atoms with Gasteiger partial charge in [0, 0.05) is 5.56 Å². The average Bonchev–Trinajstić information content (AvgIpc) is 3.14. The second-order valence-electron chi connectivity index (χ2n) is 6.75. The van der Waals surface area contributed by atoms with Crippen LogP contribution in [0.4, 0.5) is 8.78 Å². The molecule has 3 rings (SSSR count). The van der Waals surface area contributed by atoms with E-state index in [0.29, 0.717) is 19.4 Å². The van der Waals surface area contributed by atoms with E-state index in [1.54, 1.807) is 6.92 Å². The molecule has 0 aromatic heterocycles. The molecule has 29 heavy (non-hydrogen) atoms. The SMILES string of the molecule is CCC(O)C(=O)N1N=C(c2cc(F)ccc2F)S[C@@]1(CCCN)c1ccccc1. The van der Waals surface area contributed by atoms with Gasteiger partial charge in [0.25, 0.3) is 5.91 Å². The van der Waals surface area contributed by atoms with Crippen molar-refractivity contribution in [3.63, 3.8) is 0 Å². The Hall–Kier alpha value is -2.29. The lowest BCUT2D eigenvalue weighted by Gasteiger charge is -2.36. The Labute approximate surface area is 172 Å². The molecule has 0 radical (unpaired) electrons. The summed E-state index contributed by atoms with van der Waals surface area (Å²) in [6.07, 6.45) is -0.0369. The molecule has 2 aromatic rings.